The number of aromatic nitrogens is 2. The highest BCUT2D eigenvalue weighted by atomic mass is 127. The maximum absolute atomic E-state index is 12.4. The van der Waals surface area contributed by atoms with Gasteiger partial charge in [-0.15, -0.1) is 24.0 Å². The molecule has 0 saturated carbocycles. The van der Waals surface area contributed by atoms with Gasteiger partial charge in [0.25, 0.3) is 0 Å². The summed E-state index contributed by atoms with van der Waals surface area (Å²) in [6.07, 6.45) is 10.3. The third-order valence-electron chi connectivity index (χ3n) is 5.44. The molecule has 0 bridgehead atoms. The summed E-state index contributed by atoms with van der Waals surface area (Å²) >= 11 is 0. The molecule has 26 heavy (non-hydrogen) atoms. The lowest BCUT2D eigenvalue weighted by Gasteiger charge is -2.39. The number of piperidine rings is 2. The Labute approximate surface area is 173 Å². The molecule has 3 heterocycles. The molecule has 1 aromatic rings. The second kappa shape index (κ2) is 10.1. The maximum atomic E-state index is 12.4. The highest BCUT2D eigenvalue weighted by molar-refractivity contribution is 14.0. The van der Waals surface area contributed by atoms with Crippen LogP contribution in [0.5, 0.6) is 0 Å². The Kier molecular flexibility index (Phi) is 8.17. The van der Waals surface area contributed by atoms with E-state index in [0.717, 1.165) is 51.4 Å². The van der Waals surface area contributed by atoms with Crippen molar-refractivity contribution in [1.82, 2.24) is 24.7 Å². The first-order valence-corrected chi connectivity index (χ1v) is 9.40. The van der Waals surface area contributed by atoms with E-state index in [0.29, 0.717) is 18.5 Å². The second-order valence-electron chi connectivity index (χ2n) is 7.13. The first kappa shape index (κ1) is 21.0. The molecule has 0 aromatic carbocycles. The predicted octanol–water partition coefficient (Wildman–Crippen LogP) is 1.97. The lowest BCUT2D eigenvalue weighted by Crippen LogP contribution is -2.51. The molecule has 0 aliphatic carbocycles. The molecule has 2 saturated heterocycles. The Bertz CT molecular complexity index is 585. The number of aliphatic imine (C=N–C) groups is 1. The number of hydrogen-bond donors (Lipinski definition) is 1. The molecule has 2 atom stereocenters. The van der Waals surface area contributed by atoms with Gasteiger partial charge in [-0.05, 0) is 31.6 Å². The number of amides is 1. The van der Waals surface area contributed by atoms with E-state index in [1.807, 2.05) is 23.6 Å². The Morgan fingerprint density at radius 2 is 2.00 bits per heavy atom. The van der Waals surface area contributed by atoms with Gasteiger partial charge in [0, 0.05) is 45.6 Å². The van der Waals surface area contributed by atoms with Gasteiger partial charge >= 0.3 is 0 Å². The number of carbonyl (C=O) groups excluding carboxylic acids is 1. The van der Waals surface area contributed by atoms with E-state index >= 15 is 0 Å². The minimum Gasteiger partial charge on any atom is -0.347 e. The second-order valence-corrected chi connectivity index (χ2v) is 7.13. The summed E-state index contributed by atoms with van der Waals surface area (Å²) in [5.41, 5.74) is 0. The van der Waals surface area contributed by atoms with Crippen LogP contribution >= 0.6 is 24.0 Å². The van der Waals surface area contributed by atoms with Crippen LogP contribution in [0.3, 0.4) is 0 Å². The summed E-state index contributed by atoms with van der Waals surface area (Å²) in [7, 11) is 1.79. The van der Waals surface area contributed by atoms with Crippen molar-refractivity contribution in [2.75, 3.05) is 39.8 Å². The summed E-state index contributed by atoms with van der Waals surface area (Å²) < 4.78 is 2.18. The van der Waals surface area contributed by atoms with Crippen LogP contribution in [0.1, 0.15) is 38.6 Å². The third-order valence-corrected chi connectivity index (χ3v) is 5.44. The van der Waals surface area contributed by atoms with Crippen LogP contribution in [-0.4, -0.2) is 71.0 Å². The maximum Gasteiger partial charge on any atom is 0.241 e. The lowest BCUT2D eigenvalue weighted by atomic mass is 9.93. The number of imidazole rings is 1. The molecule has 3 rings (SSSR count). The fourth-order valence-electron chi connectivity index (χ4n) is 3.84. The van der Waals surface area contributed by atoms with E-state index in [4.69, 9.17) is 0 Å². The number of nitrogens with zero attached hydrogens (tertiary/aromatic N) is 5. The Morgan fingerprint density at radius 3 is 2.65 bits per heavy atom. The largest absolute Gasteiger partial charge is 0.347 e. The molecule has 2 aliphatic rings. The average Bonchev–Trinajstić information content (AvgIpc) is 3.18. The number of likely N-dealkylation sites (tertiary alicyclic amines) is 2. The SMILES string of the molecule is CN=C(NCC(=O)N1CCCCC1)N1CCC(C)C(n2ccnc2)C1.I. The Hall–Kier alpha value is -1.32. The number of halogens is 1. The zero-order valence-corrected chi connectivity index (χ0v) is 18.1. The lowest BCUT2D eigenvalue weighted by molar-refractivity contribution is -0.130. The van der Waals surface area contributed by atoms with Crippen LogP contribution in [0, 0.1) is 5.92 Å². The minimum absolute atomic E-state index is 0. The van der Waals surface area contributed by atoms with Gasteiger partial charge in [0.2, 0.25) is 5.91 Å². The molecule has 1 amide bonds. The smallest absolute Gasteiger partial charge is 0.241 e. The zero-order valence-electron chi connectivity index (χ0n) is 15.8. The van der Waals surface area contributed by atoms with E-state index in [1.54, 1.807) is 7.05 Å². The van der Waals surface area contributed by atoms with Crippen LogP contribution in [0.25, 0.3) is 0 Å². The highest BCUT2D eigenvalue weighted by Crippen LogP contribution is 2.27. The van der Waals surface area contributed by atoms with E-state index in [1.165, 1.54) is 6.42 Å². The summed E-state index contributed by atoms with van der Waals surface area (Å²) in [6, 6.07) is 0.382. The fraction of sp³-hybridized carbons (Fsp3) is 0.722. The topological polar surface area (TPSA) is 65.8 Å². The van der Waals surface area contributed by atoms with Crippen molar-refractivity contribution < 1.29 is 4.79 Å². The average molecular weight is 474 g/mol. The molecule has 1 N–H and O–H groups in total. The monoisotopic (exact) mass is 474 g/mol. The van der Waals surface area contributed by atoms with Crippen molar-refractivity contribution in [3.8, 4) is 0 Å². The number of hydrogen-bond acceptors (Lipinski definition) is 3. The van der Waals surface area contributed by atoms with Gasteiger partial charge in [-0.25, -0.2) is 4.98 Å². The van der Waals surface area contributed by atoms with E-state index < -0.39 is 0 Å². The molecule has 0 radical (unpaired) electrons. The minimum atomic E-state index is 0. The Morgan fingerprint density at radius 1 is 1.23 bits per heavy atom. The van der Waals surface area contributed by atoms with E-state index in [9.17, 15) is 4.79 Å². The molecule has 2 aliphatic heterocycles. The molecule has 2 unspecified atom stereocenters. The molecule has 7 nitrogen and oxygen atoms in total. The number of nitrogens with one attached hydrogen (secondary N) is 1. The fourth-order valence-corrected chi connectivity index (χ4v) is 3.84. The van der Waals surface area contributed by atoms with E-state index in [-0.39, 0.29) is 29.9 Å². The van der Waals surface area contributed by atoms with Crippen molar-refractivity contribution in [2.24, 2.45) is 10.9 Å². The van der Waals surface area contributed by atoms with Crippen LogP contribution in [0.4, 0.5) is 0 Å². The molecular weight excluding hydrogens is 443 g/mol. The molecule has 8 heteroatoms. The summed E-state index contributed by atoms with van der Waals surface area (Å²) in [5.74, 6) is 1.60. The van der Waals surface area contributed by atoms with Crippen LogP contribution < -0.4 is 5.32 Å². The van der Waals surface area contributed by atoms with Gasteiger partial charge in [0.05, 0.1) is 18.9 Å². The summed E-state index contributed by atoms with van der Waals surface area (Å²) in [4.78, 5) is 25.2. The van der Waals surface area contributed by atoms with Gasteiger partial charge in [-0.1, -0.05) is 6.92 Å². The van der Waals surface area contributed by atoms with Gasteiger partial charge in [-0.2, -0.15) is 0 Å². The molecular formula is C18H31IN6O. The standard InChI is InChI=1S/C18H30N6O.HI/c1-15-6-10-23(13-16(15)24-11-7-20-14-24)18(19-2)21-12-17(25)22-8-4-3-5-9-22;/h7,11,14-16H,3-6,8-10,12-13H2,1-2H3,(H,19,21);1H. The number of rotatable bonds is 3. The zero-order chi connectivity index (χ0) is 17.6. The normalized spacial score (nSPS) is 24.2. The number of carbonyl (C=O) groups is 1. The van der Waals surface area contributed by atoms with Crippen molar-refractivity contribution in [2.45, 2.75) is 38.6 Å². The van der Waals surface area contributed by atoms with Gasteiger partial charge in [0.1, 0.15) is 0 Å². The van der Waals surface area contributed by atoms with Gasteiger partial charge in [-0.3, -0.25) is 9.79 Å². The summed E-state index contributed by atoms with van der Waals surface area (Å²) in [5, 5.41) is 3.28. The number of guanidine groups is 1. The van der Waals surface area contributed by atoms with Crippen molar-refractivity contribution in [3.63, 3.8) is 0 Å². The predicted molar refractivity (Wildman–Crippen MR) is 114 cm³/mol. The third kappa shape index (κ3) is 5.11. The van der Waals surface area contributed by atoms with Gasteiger partial charge in [0.15, 0.2) is 5.96 Å². The van der Waals surface area contributed by atoms with Crippen LogP contribution in [0.2, 0.25) is 0 Å². The Balaban J connectivity index is 0.00000243. The van der Waals surface area contributed by atoms with Crippen LogP contribution in [-0.2, 0) is 4.79 Å². The first-order valence-electron chi connectivity index (χ1n) is 9.40. The molecule has 146 valence electrons. The molecule has 1 aromatic heterocycles. The van der Waals surface area contributed by atoms with Gasteiger partial charge < -0.3 is 19.7 Å². The highest BCUT2D eigenvalue weighted by Gasteiger charge is 2.29. The summed E-state index contributed by atoms with van der Waals surface area (Å²) in [6.45, 7) is 6.25. The van der Waals surface area contributed by atoms with Crippen molar-refractivity contribution in [3.05, 3.63) is 18.7 Å². The first-order chi connectivity index (χ1) is 12.2. The quantitative estimate of drug-likeness (QED) is 0.414. The van der Waals surface area contributed by atoms with Crippen LogP contribution in [0.15, 0.2) is 23.7 Å². The van der Waals surface area contributed by atoms with E-state index in [2.05, 4.69) is 31.7 Å². The molecule has 2 fully saturated rings. The van der Waals surface area contributed by atoms with Crippen molar-refractivity contribution >= 4 is 35.8 Å². The molecule has 0 spiro atoms. The van der Waals surface area contributed by atoms with Crippen molar-refractivity contribution in [1.29, 1.82) is 0 Å².